The van der Waals surface area contributed by atoms with Crippen molar-refractivity contribution in [3.05, 3.63) is 41.2 Å². The van der Waals surface area contributed by atoms with Gasteiger partial charge in [-0.1, -0.05) is 6.92 Å². The number of furan rings is 1. The Morgan fingerprint density at radius 3 is 2.95 bits per heavy atom. The van der Waals surface area contributed by atoms with E-state index in [1.165, 1.54) is 6.33 Å². The van der Waals surface area contributed by atoms with Crippen LogP contribution in [0.1, 0.15) is 30.6 Å². The van der Waals surface area contributed by atoms with Crippen LogP contribution >= 0.6 is 11.6 Å². The number of methoxy groups -OCH3 is 1. The molecule has 1 atom stereocenters. The normalized spacial score (nSPS) is 12.3. The fraction of sp³-hybridized carbons (Fsp3) is 0.429. The van der Waals surface area contributed by atoms with Crippen molar-refractivity contribution >= 4 is 11.6 Å². The van der Waals surface area contributed by atoms with E-state index in [1.807, 2.05) is 12.1 Å². The molecule has 1 unspecified atom stereocenters. The summed E-state index contributed by atoms with van der Waals surface area (Å²) in [5.74, 6) is 0.558. The van der Waals surface area contributed by atoms with E-state index >= 15 is 0 Å². The van der Waals surface area contributed by atoms with Crippen molar-refractivity contribution in [3.8, 4) is 5.88 Å². The van der Waals surface area contributed by atoms with Crippen LogP contribution in [-0.2, 0) is 6.42 Å². The molecule has 0 saturated heterocycles. The molecule has 0 radical (unpaired) electrons. The van der Waals surface area contributed by atoms with E-state index in [-0.39, 0.29) is 6.04 Å². The highest BCUT2D eigenvalue weighted by Crippen LogP contribution is 2.26. The number of nitrogens with one attached hydrogen (secondary N) is 1. The summed E-state index contributed by atoms with van der Waals surface area (Å²) in [5, 5.41) is 3.87. The second-order valence-electron chi connectivity index (χ2n) is 4.41. The van der Waals surface area contributed by atoms with Gasteiger partial charge in [-0.05, 0) is 30.6 Å². The van der Waals surface area contributed by atoms with Crippen molar-refractivity contribution in [3.63, 3.8) is 0 Å². The Hall–Kier alpha value is -1.59. The molecule has 0 aromatic carbocycles. The lowest BCUT2D eigenvalue weighted by molar-refractivity contribution is 0.395. The third-order valence-electron chi connectivity index (χ3n) is 2.98. The number of rotatable bonds is 7. The summed E-state index contributed by atoms with van der Waals surface area (Å²) in [6, 6.07) is 3.77. The molecule has 0 fully saturated rings. The molecule has 0 spiro atoms. The molecular weight excluding hydrogens is 278 g/mol. The summed E-state index contributed by atoms with van der Waals surface area (Å²) in [7, 11) is 1.59. The fourth-order valence-corrected chi connectivity index (χ4v) is 2.22. The van der Waals surface area contributed by atoms with Gasteiger partial charge in [-0.3, -0.25) is 0 Å². The Balaban J connectivity index is 2.17. The first kappa shape index (κ1) is 14.8. The van der Waals surface area contributed by atoms with Crippen molar-refractivity contribution in [1.82, 2.24) is 15.3 Å². The summed E-state index contributed by atoms with van der Waals surface area (Å²) < 4.78 is 10.3. The van der Waals surface area contributed by atoms with E-state index in [4.69, 9.17) is 20.8 Å². The number of nitrogens with zero attached hydrogens (tertiary/aromatic N) is 2. The third kappa shape index (κ3) is 3.71. The number of hydrogen-bond donors (Lipinski definition) is 1. The van der Waals surface area contributed by atoms with Crippen molar-refractivity contribution in [2.75, 3.05) is 13.7 Å². The Kier molecular flexibility index (Phi) is 5.38. The summed E-state index contributed by atoms with van der Waals surface area (Å²) in [6.45, 7) is 3.02. The molecule has 2 aromatic heterocycles. The minimum Gasteiger partial charge on any atom is -0.481 e. The zero-order valence-corrected chi connectivity index (χ0v) is 12.4. The number of aromatic nitrogens is 2. The van der Waals surface area contributed by atoms with Crippen LogP contribution in [0.15, 0.2) is 29.1 Å². The van der Waals surface area contributed by atoms with Gasteiger partial charge in [-0.25, -0.2) is 9.97 Å². The zero-order chi connectivity index (χ0) is 14.4. The molecule has 0 aliphatic carbocycles. The minimum absolute atomic E-state index is 0.0563. The highest BCUT2D eigenvalue weighted by molar-refractivity contribution is 6.29. The van der Waals surface area contributed by atoms with Gasteiger partial charge in [-0.2, -0.15) is 0 Å². The molecule has 5 nitrogen and oxygen atoms in total. The lowest BCUT2D eigenvalue weighted by Gasteiger charge is -2.17. The van der Waals surface area contributed by atoms with Gasteiger partial charge in [-0.15, -0.1) is 0 Å². The van der Waals surface area contributed by atoms with Gasteiger partial charge in [0.25, 0.3) is 0 Å². The maximum atomic E-state index is 6.07. The quantitative estimate of drug-likeness (QED) is 0.851. The highest BCUT2D eigenvalue weighted by atomic mass is 35.5. The van der Waals surface area contributed by atoms with Crippen LogP contribution in [0.2, 0.25) is 5.22 Å². The maximum absolute atomic E-state index is 6.07. The van der Waals surface area contributed by atoms with Gasteiger partial charge in [0, 0.05) is 29.8 Å². The topological polar surface area (TPSA) is 60.2 Å². The van der Waals surface area contributed by atoms with Gasteiger partial charge < -0.3 is 14.5 Å². The Morgan fingerprint density at radius 1 is 1.45 bits per heavy atom. The molecule has 0 amide bonds. The summed E-state index contributed by atoms with van der Waals surface area (Å²) in [5.41, 5.74) is 1.83. The first-order valence-electron chi connectivity index (χ1n) is 6.55. The average Bonchev–Trinajstić information content (AvgIpc) is 2.90. The van der Waals surface area contributed by atoms with Crippen molar-refractivity contribution in [2.45, 2.75) is 25.8 Å². The van der Waals surface area contributed by atoms with E-state index in [0.717, 1.165) is 24.2 Å². The van der Waals surface area contributed by atoms with Crippen LogP contribution in [0.25, 0.3) is 0 Å². The first-order valence-corrected chi connectivity index (χ1v) is 6.93. The van der Waals surface area contributed by atoms with Gasteiger partial charge in [0.15, 0.2) is 5.22 Å². The molecule has 0 aliphatic rings. The van der Waals surface area contributed by atoms with Crippen LogP contribution < -0.4 is 10.1 Å². The molecule has 0 saturated carbocycles. The predicted molar refractivity (Wildman–Crippen MR) is 77.0 cm³/mol. The molecular formula is C14H18ClN3O2. The van der Waals surface area contributed by atoms with Gasteiger partial charge in [0.05, 0.1) is 13.4 Å². The lowest BCUT2D eigenvalue weighted by atomic mass is 10.0. The number of hydrogen-bond acceptors (Lipinski definition) is 5. The number of halogens is 1. The lowest BCUT2D eigenvalue weighted by Crippen LogP contribution is -2.24. The summed E-state index contributed by atoms with van der Waals surface area (Å²) in [4.78, 5) is 8.28. The van der Waals surface area contributed by atoms with Gasteiger partial charge in [0.1, 0.15) is 6.33 Å². The smallest absolute Gasteiger partial charge is 0.216 e. The van der Waals surface area contributed by atoms with Crippen molar-refractivity contribution in [1.29, 1.82) is 0 Å². The van der Waals surface area contributed by atoms with Crippen LogP contribution in [0.3, 0.4) is 0 Å². The van der Waals surface area contributed by atoms with Crippen molar-refractivity contribution < 1.29 is 9.15 Å². The third-order valence-corrected chi connectivity index (χ3v) is 3.29. The average molecular weight is 296 g/mol. The Morgan fingerprint density at radius 2 is 2.30 bits per heavy atom. The second kappa shape index (κ2) is 7.26. The first-order chi connectivity index (χ1) is 9.74. The maximum Gasteiger partial charge on any atom is 0.216 e. The van der Waals surface area contributed by atoms with E-state index in [1.54, 1.807) is 13.4 Å². The predicted octanol–water partition coefficient (Wildman–Crippen LogP) is 3.02. The SMILES string of the molecule is CCCNC(Cc1cc(OC)ncn1)c1ccoc1Cl. The van der Waals surface area contributed by atoms with E-state index < -0.39 is 0 Å². The summed E-state index contributed by atoms with van der Waals surface area (Å²) >= 11 is 6.07. The second-order valence-corrected chi connectivity index (χ2v) is 4.76. The van der Waals surface area contributed by atoms with Crippen LogP contribution in [0.4, 0.5) is 0 Å². The fourth-order valence-electron chi connectivity index (χ4n) is 1.97. The molecule has 6 heteroatoms. The number of ether oxygens (including phenoxy) is 1. The molecule has 2 aromatic rings. The van der Waals surface area contributed by atoms with Crippen LogP contribution in [0, 0.1) is 0 Å². The largest absolute Gasteiger partial charge is 0.481 e. The molecule has 2 rings (SSSR count). The monoisotopic (exact) mass is 295 g/mol. The Labute approximate surface area is 123 Å². The molecule has 1 N–H and O–H groups in total. The molecule has 20 heavy (non-hydrogen) atoms. The van der Waals surface area contributed by atoms with Gasteiger partial charge >= 0.3 is 0 Å². The molecule has 0 aliphatic heterocycles. The van der Waals surface area contributed by atoms with E-state index in [0.29, 0.717) is 17.5 Å². The van der Waals surface area contributed by atoms with E-state index in [9.17, 15) is 0 Å². The standard InChI is InChI=1S/C14H18ClN3O2/c1-3-5-16-12(11-4-6-20-14(11)15)7-10-8-13(19-2)18-9-17-10/h4,6,8-9,12,16H,3,5,7H2,1-2H3. The summed E-state index contributed by atoms with van der Waals surface area (Å²) in [6.07, 6.45) is 4.83. The Bertz CT molecular complexity index is 545. The van der Waals surface area contributed by atoms with Crippen molar-refractivity contribution in [2.24, 2.45) is 0 Å². The molecule has 0 bridgehead atoms. The minimum atomic E-state index is 0.0563. The van der Waals surface area contributed by atoms with E-state index in [2.05, 4.69) is 22.2 Å². The van der Waals surface area contributed by atoms with Gasteiger partial charge in [0.2, 0.25) is 5.88 Å². The molecule has 2 heterocycles. The van der Waals surface area contributed by atoms with Crippen LogP contribution in [-0.4, -0.2) is 23.6 Å². The highest BCUT2D eigenvalue weighted by Gasteiger charge is 2.18. The molecule has 108 valence electrons. The van der Waals surface area contributed by atoms with Crippen LogP contribution in [0.5, 0.6) is 5.88 Å². The zero-order valence-electron chi connectivity index (χ0n) is 11.6.